The van der Waals surface area contributed by atoms with Crippen molar-refractivity contribution in [1.29, 1.82) is 0 Å². The zero-order valence-corrected chi connectivity index (χ0v) is 13.4. The van der Waals surface area contributed by atoms with Gasteiger partial charge in [-0.2, -0.15) is 0 Å². The van der Waals surface area contributed by atoms with Gasteiger partial charge >= 0.3 is 0 Å². The number of nitrogens with two attached hydrogens (primary N) is 1. The van der Waals surface area contributed by atoms with Gasteiger partial charge in [0, 0.05) is 0 Å². The highest BCUT2D eigenvalue weighted by atomic mass is 32.2. The maximum Gasteiger partial charge on any atom is 0.235 e. The highest BCUT2D eigenvalue weighted by Crippen LogP contribution is 2.36. The summed E-state index contributed by atoms with van der Waals surface area (Å²) in [6.45, 7) is 0. The van der Waals surface area contributed by atoms with Gasteiger partial charge in [-0.1, -0.05) is 43.2 Å². The molecule has 0 spiro atoms. The van der Waals surface area contributed by atoms with Crippen LogP contribution in [0.2, 0.25) is 0 Å². The summed E-state index contributed by atoms with van der Waals surface area (Å²) in [5.74, 6) is -0.853. The van der Waals surface area contributed by atoms with E-state index in [1.54, 1.807) is 16.8 Å². The Morgan fingerprint density at radius 2 is 1.96 bits per heavy atom. The molecule has 0 aliphatic heterocycles. The predicted octanol–water partition coefficient (Wildman–Crippen LogP) is 2.64. The lowest BCUT2D eigenvalue weighted by molar-refractivity contribution is -0.117. The summed E-state index contributed by atoms with van der Waals surface area (Å²) >= 11 is 1.21. The average molecular weight is 335 g/mol. The van der Waals surface area contributed by atoms with Crippen molar-refractivity contribution in [2.75, 3.05) is 0 Å². The van der Waals surface area contributed by atoms with Crippen LogP contribution in [-0.2, 0) is 4.79 Å². The Morgan fingerprint density at radius 1 is 1.26 bits per heavy atom. The summed E-state index contributed by atoms with van der Waals surface area (Å²) in [5, 5.41) is 11.8. The van der Waals surface area contributed by atoms with Gasteiger partial charge in [-0.3, -0.25) is 4.79 Å². The van der Waals surface area contributed by atoms with Gasteiger partial charge in [0.1, 0.15) is 11.1 Å². The van der Waals surface area contributed by atoms with Crippen molar-refractivity contribution < 1.29 is 9.18 Å². The monoisotopic (exact) mass is 335 g/mol. The highest BCUT2D eigenvalue weighted by molar-refractivity contribution is 8.00. The van der Waals surface area contributed by atoms with Gasteiger partial charge in [-0.05, 0) is 41.0 Å². The van der Waals surface area contributed by atoms with Gasteiger partial charge in [0.25, 0.3) is 0 Å². The third kappa shape index (κ3) is 3.69. The molecule has 1 atom stereocenters. The molecule has 1 aliphatic rings. The van der Waals surface area contributed by atoms with E-state index in [9.17, 15) is 9.18 Å². The molecule has 0 saturated heterocycles. The number of aromatic nitrogens is 4. The summed E-state index contributed by atoms with van der Waals surface area (Å²) in [5.41, 5.74) is 6.16. The fraction of sp³-hybridized carbons (Fsp3) is 0.467. The third-order valence-corrected chi connectivity index (χ3v) is 5.26. The van der Waals surface area contributed by atoms with Crippen LogP contribution in [-0.4, -0.2) is 26.1 Å². The average Bonchev–Trinajstić information content (AvgIpc) is 3.02. The molecule has 1 saturated carbocycles. The van der Waals surface area contributed by atoms with E-state index in [0.717, 1.165) is 25.7 Å². The summed E-state index contributed by atoms with van der Waals surface area (Å²) in [4.78, 5) is 11.8. The van der Waals surface area contributed by atoms with Crippen molar-refractivity contribution in [2.24, 2.45) is 5.73 Å². The van der Waals surface area contributed by atoms with E-state index in [-0.39, 0.29) is 11.9 Å². The predicted molar refractivity (Wildman–Crippen MR) is 84.1 cm³/mol. The molecule has 3 rings (SSSR count). The topological polar surface area (TPSA) is 86.7 Å². The molecule has 1 fully saturated rings. The van der Waals surface area contributed by atoms with Crippen LogP contribution < -0.4 is 5.73 Å². The molecule has 23 heavy (non-hydrogen) atoms. The molecule has 6 nitrogen and oxygen atoms in total. The number of hydrogen-bond donors (Lipinski definition) is 1. The first-order chi connectivity index (χ1) is 11.1. The van der Waals surface area contributed by atoms with Crippen molar-refractivity contribution >= 4 is 17.7 Å². The molecule has 0 radical (unpaired) electrons. The van der Waals surface area contributed by atoms with Crippen LogP contribution in [0.3, 0.4) is 0 Å². The SMILES string of the molecule is NC(=O)[C@H](Sc1nnnn1C1CCCCC1)c1ccc(F)cc1. The van der Waals surface area contributed by atoms with Crippen LogP contribution in [0, 0.1) is 5.82 Å². The van der Waals surface area contributed by atoms with E-state index in [1.165, 1.54) is 30.3 Å². The summed E-state index contributed by atoms with van der Waals surface area (Å²) < 4.78 is 14.9. The van der Waals surface area contributed by atoms with Crippen LogP contribution in [0.5, 0.6) is 0 Å². The van der Waals surface area contributed by atoms with Crippen LogP contribution in [0.1, 0.15) is 49.0 Å². The molecule has 0 bridgehead atoms. The molecule has 1 aromatic heterocycles. The number of benzene rings is 1. The van der Waals surface area contributed by atoms with E-state index in [2.05, 4.69) is 15.5 Å². The van der Waals surface area contributed by atoms with Gasteiger partial charge in [0.05, 0.1) is 6.04 Å². The zero-order valence-electron chi connectivity index (χ0n) is 12.6. The lowest BCUT2D eigenvalue weighted by atomic mass is 9.96. The van der Waals surface area contributed by atoms with E-state index in [4.69, 9.17) is 5.73 Å². The van der Waals surface area contributed by atoms with Crippen LogP contribution >= 0.6 is 11.8 Å². The molecule has 1 heterocycles. The molecule has 122 valence electrons. The standard InChI is InChI=1S/C15H18FN5OS/c16-11-8-6-10(7-9-11)13(14(17)22)23-15-18-19-20-21(15)12-4-2-1-3-5-12/h6-9,12-13H,1-5H2,(H2,17,22)/t13-/m1/s1. The molecule has 1 aromatic carbocycles. The molecule has 1 amide bonds. The van der Waals surface area contributed by atoms with Crippen molar-refractivity contribution in [3.63, 3.8) is 0 Å². The van der Waals surface area contributed by atoms with Gasteiger partial charge in [0.2, 0.25) is 11.1 Å². The molecule has 2 N–H and O–H groups in total. The Kier molecular flexibility index (Phi) is 4.90. The van der Waals surface area contributed by atoms with Crippen molar-refractivity contribution in [1.82, 2.24) is 20.2 Å². The molecule has 2 aromatic rings. The summed E-state index contributed by atoms with van der Waals surface area (Å²) in [6.07, 6.45) is 5.63. The smallest absolute Gasteiger partial charge is 0.235 e. The fourth-order valence-electron chi connectivity index (χ4n) is 2.85. The van der Waals surface area contributed by atoms with Gasteiger partial charge in [-0.25, -0.2) is 9.07 Å². The number of halogens is 1. The number of amides is 1. The number of nitrogens with zero attached hydrogens (tertiary/aromatic N) is 4. The van der Waals surface area contributed by atoms with E-state index >= 15 is 0 Å². The summed E-state index contributed by atoms with van der Waals surface area (Å²) in [6, 6.07) is 6.02. The number of primary amides is 1. The lowest BCUT2D eigenvalue weighted by Crippen LogP contribution is -2.21. The van der Waals surface area contributed by atoms with Gasteiger partial charge in [0.15, 0.2) is 0 Å². The van der Waals surface area contributed by atoms with Crippen LogP contribution in [0.25, 0.3) is 0 Å². The van der Waals surface area contributed by atoms with Gasteiger partial charge < -0.3 is 5.73 Å². The second-order valence-electron chi connectivity index (χ2n) is 5.65. The molecule has 0 unspecified atom stereocenters. The first-order valence-electron chi connectivity index (χ1n) is 7.64. The first-order valence-corrected chi connectivity index (χ1v) is 8.52. The molecular formula is C15H18FN5OS. The largest absolute Gasteiger partial charge is 0.368 e. The number of tetrazole rings is 1. The molecule has 8 heteroatoms. The van der Waals surface area contributed by atoms with Crippen LogP contribution in [0.4, 0.5) is 4.39 Å². The third-order valence-electron chi connectivity index (χ3n) is 4.04. The number of thioether (sulfide) groups is 1. The van der Waals surface area contributed by atoms with E-state index in [0.29, 0.717) is 10.7 Å². The minimum atomic E-state index is -0.649. The zero-order chi connectivity index (χ0) is 16.2. The quantitative estimate of drug-likeness (QED) is 0.849. The minimum absolute atomic E-state index is 0.267. The highest BCUT2D eigenvalue weighted by Gasteiger charge is 2.26. The Hall–Kier alpha value is -1.96. The van der Waals surface area contributed by atoms with Crippen molar-refractivity contribution in [2.45, 2.75) is 48.6 Å². The lowest BCUT2D eigenvalue weighted by Gasteiger charge is -2.22. The number of carbonyl (C=O) groups excluding carboxylic acids is 1. The Morgan fingerprint density at radius 3 is 2.61 bits per heavy atom. The Balaban J connectivity index is 1.82. The first kappa shape index (κ1) is 15.9. The van der Waals surface area contributed by atoms with E-state index in [1.807, 2.05) is 0 Å². The summed E-state index contributed by atoms with van der Waals surface area (Å²) in [7, 11) is 0. The maximum absolute atomic E-state index is 13.1. The molecular weight excluding hydrogens is 317 g/mol. The number of rotatable bonds is 5. The molecule has 1 aliphatic carbocycles. The Labute approximate surface area is 137 Å². The number of carbonyl (C=O) groups is 1. The van der Waals surface area contributed by atoms with Gasteiger partial charge in [-0.15, -0.1) is 5.10 Å². The Bertz CT molecular complexity index is 669. The van der Waals surface area contributed by atoms with E-state index < -0.39 is 11.2 Å². The number of hydrogen-bond acceptors (Lipinski definition) is 5. The van der Waals surface area contributed by atoms with Crippen molar-refractivity contribution in [3.05, 3.63) is 35.6 Å². The second kappa shape index (κ2) is 7.08. The normalized spacial score (nSPS) is 17.1. The minimum Gasteiger partial charge on any atom is -0.368 e. The fourth-order valence-corrected chi connectivity index (χ4v) is 3.85. The maximum atomic E-state index is 13.1. The second-order valence-corrected chi connectivity index (χ2v) is 6.72. The van der Waals surface area contributed by atoms with Crippen molar-refractivity contribution in [3.8, 4) is 0 Å². The van der Waals surface area contributed by atoms with Crippen LogP contribution in [0.15, 0.2) is 29.4 Å².